The van der Waals surface area contributed by atoms with Crippen LogP contribution in [0.4, 0.5) is 0 Å². The second-order valence-corrected chi connectivity index (χ2v) is 1.73. The van der Waals surface area contributed by atoms with Gasteiger partial charge in [0.25, 0.3) is 0 Å². The van der Waals surface area contributed by atoms with E-state index in [1.807, 2.05) is 7.05 Å². The van der Waals surface area contributed by atoms with E-state index in [2.05, 4.69) is 5.32 Å². The summed E-state index contributed by atoms with van der Waals surface area (Å²) >= 11 is 0. The number of likely N-dealkylation sites (N-methyl/N-ethyl adjacent to an activating group) is 1. The van der Waals surface area contributed by atoms with Gasteiger partial charge in [0, 0.05) is 7.05 Å². The maximum atomic E-state index is 10.3. The number of hydrogen-bond donors (Lipinski definition) is 2. The molecule has 1 saturated heterocycles. The van der Waals surface area contributed by atoms with Gasteiger partial charge in [-0.1, -0.05) is 0 Å². The van der Waals surface area contributed by atoms with Gasteiger partial charge in [0.2, 0.25) is 5.91 Å². The van der Waals surface area contributed by atoms with E-state index in [4.69, 9.17) is 0 Å². The second-order valence-electron chi connectivity index (χ2n) is 1.73. The fraction of sp³-hybridized carbons (Fsp3) is 0.500. The van der Waals surface area contributed by atoms with Gasteiger partial charge >= 0.3 is 0 Å². The van der Waals surface area contributed by atoms with Gasteiger partial charge in [-0.2, -0.15) is 0 Å². The summed E-state index contributed by atoms with van der Waals surface area (Å²) in [6, 6.07) is 0. The Kier molecular flexibility index (Phi) is 0.982. The molecule has 1 aliphatic rings. The maximum absolute atomic E-state index is 10.3. The first kappa shape index (κ1) is 4.59. The van der Waals surface area contributed by atoms with Crippen LogP contribution in [0.25, 0.3) is 0 Å². The van der Waals surface area contributed by atoms with Crippen LogP contribution in [-0.2, 0) is 4.79 Å². The lowest BCUT2D eigenvalue weighted by Gasteiger charge is -2.08. The Morgan fingerprint density at radius 2 is 2.71 bits per heavy atom. The number of amides is 1. The van der Waals surface area contributed by atoms with Crippen LogP contribution in [0.15, 0.2) is 0 Å². The van der Waals surface area contributed by atoms with E-state index in [0.717, 1.165) is 4.90 Å². The highest BCUT2D eigenvalue weighted by atomic mass is 16.2. The summed E-state index contributed by atoms with van der Waals surface area (Å²) in [4.78, 5) is 11.4. The lowest BCUT2D eigenvalue weighted by molar-refractivity contribution is -0.832. The quantitative estimate of drug-likeness (QED) is 0.331. The molecule has 0 aromatic heterocycles. The second kappa shape index (κ2) is 1.50. The van der Waals surface area contributed by atoms with Crippen molar-refractivity contribution in [1.82, 2.24) is 5.32 Å². The summed E-state index contributed by atoms with van der Waals surface area (Å²) in [6.07, 6.45) is 0. The molecule has 1 heterocycles. The molecule has 1 rings (SSSR count). The minimum absolute atomic E-state index is 0.109. The average Bonchev–Trinajstić information content (AvgIpc) is 1.87. The van der Waals surface area contributed by atoms with Crippen molar-refractivity contribution < 1.29 is 9.69 Å². The molecule has 1 amide bonds. The summed E-state index contributed by atoms with van der Waals surface area (Å²) in [6.45, 7) is 2.32. The Balaban J connectivity index is 2.40. The molecule has 0 bridgehead atoms. The highest BCUT2D eigenvalue weighted by Gasteiger charge is 2.07. The molecular formula is C4H8N2O. The van der Waals surface area contributed by atoms with E-state index in [1.165, 1.54) is 0 Å². The molecular weight excluding hydrogens is 92.1 g/mol. The highest BCUT2D eigenvalue weighted by molar-refractivity contribution is 5.78. The predicted molar refractivity (Wildman–Crippen MR) is 24.2 cm³/mol. The first-order valence-corrected chi connectivity index (χ1v) is 2.24. The van der Waals surface area contributed by atoms with Gasteiger partial charge in [-0.25, -0.2) is 0 Å². The van der Waals surface area contributed by atoms with E-state index in [-0.39, 0.29) is 5.91 Å². The Morgan fingerprint density at radius 3 is 2.86 bits per heavy atom. The standard InChI is InChI=1S/C4H8N2O/c1-6-2-4(7)5-3-6/h3,6H,2H2,1H3,(H,5,7). The van der Waals surface area contributed by atoms with Crippen molar-refractivity contribution >= 4 is 5.91 Å². The number of quaternary nitrogens is 1. The largest absolute Gasteiger partial charge is 0.449 e. The molecule has 3 nitrogen and oxygen atoms in total. The molecule has 40 valence electrons. The first-order valence-electron chi connectivity index (χ1n) is 2.24. The summed E-state index contributed by atoms with van der Waals surface area (Å²) in [5.41, 5.74) is 0. The van der Waals surface area contributed by atoms with Crippen LogP contribution in [0.2, 0.25) is 0 Å². The Hall–Kier alpha value is -0.570. The van der Waals surface area contributed by atoms with Crippen LogP contribution < -0.4 is 10.2 Å². The molecule has 0 aromatic carbocycles. The van der Waals surface area contributed by atoms with Crippen molar-refractivity contribution in [1.29, 1.82) is 0 Å². The van der Waals surface area contributed by atoms with Gasteiger partial charge in [0.05, 0.1) is 0 Å². The lowest BCUT2D eigenvalue weighted by Crippen LogP contribution is -3.04. The van der Waals surface area contributed by atoms with Crippen molar-refractivity contribution in [2.45, 2.75) is 0 Å². The minimum atomic E-state index is 0.109. The fourth-order valence-corrected chi connectivity index (χ4v) is 0.559. The average molecular weight is 100 g/mol. The number of hydrogen-bond acceptors (Lipinski definition) is 1. The van der Waals surface area contributed by atoms with Crippen LogP contribution in [0, 0.1) is 6.67 Å². The van der Waals surface area contributed by atoms with Gasteiger partial charge in [-0.3, -0.25) is 4.79 Å². The van der Waals surface area contributed by atoms with Gasteiger partial charge in [-0.05, 0) is 6.67 Å². The summed E-state index contributed by atoms with van der Waals surface area (Å²) in [5.74, 6) is 0.109. The summed E-state index contributed by atoms with van der Waals surface area (Å²) in [5, 5.41) is 2.57. The van der Waals surface area contributed by atoms with Crippen molar-refractivity contribution in [3.05, 3.63) is 6.67 Å². The van der Waals surface area contributed by atoms with Crippen LogP contribution >= 0.6 is 0 Å². The van der Waals surface area contributed by atoms with E-state index >= 15 is 0 Å². The number of carbonyl (C=O) groups excluding carboxylic acids is 1. The molecule has 1 fully saturated rings. The molecule has 0 radical (unpaired) electrons. The maximum Gasteiger partial charge on any atom is 0.248 e. The zero-order valence-electron chi connectivity index (χ0n) is 4.19. The number of carbonyl (C=O) groups is 1. The van der Waals surface area contributed by atoms with Crippen molar-refractivity contribution in [3.8, 4) is 0 Å². The third-order valence-electron chi connectivity index (χ3n) is 0.919. The monoisotopic (exact) mass is 100 g/mol. The minimum Gasteiger partial charge on any atom is -0.449 e. The summed E-state index contributed by atoms with van der Waals surface area (Å²) < 4.78 is 0. The predicted octanol–water partition coefficient (Wildman–Crippen LogP) is -2.25. The molecule has 7 heavy (non-hydrogen) atoms. The van der Waals surface area contributed by atoms with E-state index < -0.39 is 0 Å². The van der Waals surface area contributed by atoms with Crippen molar-refractivity contribution in [3.63, 3.8) is 0 Å². The van der Waals surface area contributed by atoms with Gasteiger partial charge < -0.3 is 10.2 Å². The third-order valence-corrected chi connectivity index (χ3v) is 0.919. The van der Waals surface area contributed by atoms with E-state index in [9.17, 15) is 4.79 Å². The van der Waals surface area contributed by atoms with Gasteiger partial charge in [0.1, 0.15) is 6.54 Å². The molecule has 3 heteroatoms. The molecule has 1 aliphatic heterocycles. The molecule has 0 aromatic rings. The van der Waals surface area contributed by atoms with Crippen LogP contribution in [0.5, 0.6) is 0 Å². The van der Waals surface area contributed by atoms with Crippen LogP contribution in [0.3, 0.4) is 0 Å². The fourth-order valence-electron chi connectivity index (χ4n) is 0.559. The molecule has 2 N–H and O–H groups in total. The van der Waals surface area contributed by atoms with Gasteiger partial charge in [-0.15, -0.1) is 0 Å². The summed E-state index contributed by atoms with van der Waals surface area (Å²) in [7, 11) is 1.93. The Morgan fingerprint density at radius 1 is 2.00 bits per heavy atom. The molecule has 1 unspecified atom stereocenters. The van der Waals surface area contributed by atoms with Gasteiger partial charge in [0.15, 0.2) is 0 Å². The SMILES string of the molecule is C[NH+]1[CH-]NC(=O)C1. The van der Waals surface area contributed by atoms with Crippen molar-refractivity contribution in [2.75, 3.05) is 13.6 Å². The number of nitrogens with one attached hydrogen (secondary N) is 2. The third kappa shape index (κ3) is 0.899. The molecule has 1 atom stereocenters. The zero-order valence-corrected chi connectivity index (χ0v) is 4.19. The number of rotatable bonds is 0. The van der Waals surface area contributed by atoms with E-state index in [1.54, 1.807) is 6.67 Å². The lowest BCUT2D eigenvalue weighted by atomic mass is 10.6. The Labute approximate surface area is 42.3 Å². The van der Waals surface area contributed by atoms with Crippen LogP contribution in [-0.4, -0.2) is 19.5 Å². The molecule has 0 aliphatic carbocycles. The highest BCUT2D eigenvalue weighted by Crippen LogP contribution is 1.65. The van der Waals surface area contributed by atoms with Crippen molar-refractivity contribution in [2.24, 2.45) is 0 Å². The molecule has 0 saturated carbocycles. The topological polar surface area (TPSA) is 33.5 Å². The smallest absolute Gasteiger partial charge is 0.248 e. The van der Waals surface area contributed by atoms with E-state index in [0.29, 0.717) is 6.54 Å². The zero-order chi connectivity index (χ0) is 5.28. The Bertz CT molecular complexity index is 91.7. The van der Waals surface area contributed by atoms with Crippen LogP contribution in [0.1, 0.15) is 0 Å². The first-order chi connectivity index (χ1) is 3.29. The molecule has 0 spiro atoms. The normalized spacial score (nSPS) is 30.4.